The predicted octanol–water partition coefficient (Wildman–Crippen LogP) is 4.15. The summed E-state index contributed by atoms with van der Waals surface area (Å²) in [5.41, 5.74) is 2.14. The Kier molecular flexibility index (Phi) is 6.84. The second-order valence-electron chi connectivity index (χ2n) is 7.09. The zero-order valence-electron chi connectivity index (χ0n) is 18.1. The van der Waals surface area contributed by atoms with Gasteiger partial charge in [0.05, 0.1) is 31.3 Å². The number of rotatable bonds is 9. The number of amides is 1. The van der Waals surface area contributed by atoms with Crippen LogP contribution < -0.4 is 10.1 Å². The van der Waals surface area contributed by atoms with Crippen molar-refractivity contribution in [2.45, 2.75) is 20.1 Å². The number of carbonyl (C=O) groups is 2. The molecule has 2 aromatic heterocycles. The molecule has 4 rings (SSSR count). The minimum atomic E-state index is -0.562. The van der Waals surface area contributed by atoms with E-state index in [1.807, 2.05) is 36.4 Å². The Morgan fingerprint density at radius 3 is 2.67 bits per heavy atom. The largest absolute Gasteiger partial charge is 0.485 e. The van der Waals surface area contributed by atoms with E-state index in [1.165, 1.54) is 0 Å². The zero-order chi connectivity index (χ0) is 23.0. The number of ether oxygens (including phenoxy) is 2. The molecule has 0 aliphatic carbocycles. The van der Waals surface area contributed by atoms with Gasteiger partial charge in [-0.15, -0.1) is 0 Å². The normalized spacial score (nSPS) is 10.6. The van der Waals surface area contributed by atoms with E-state index in [4.69, 9.17) is 13.9 Å². The van der Waals surface area contributed by atoms with Gasteiger partial charge in [0.15, 0.2) is 5.75 Å². The molecule has 8 heteroatoms. The summed E-state index contributed by atoms with van der Waals surface area (Å²) < 4.78 is 17.8. The molecule has 0 saturated heterocycles. The maximum absolute atomic E-state index is 12.5. The minimum absolute atomic E-state index is 0.0908. The van der Waals surface area contributed by atoms with Gasteiger partial charge in [-0.1, -0.05) is 30.3 Å². The summed E-state index contributed by atoms with van der Waals surface area (Å²) in [4.78, 5) is 24.9. The quantitative estimate of drug-likeness (QED) is 0.389. The summed E-state index contributed by atoms with van der Waals surface area (Å²) in [6, 6.07) is 20.0. The summed E-state index contributed by atoms with van der Waals surface area (Å²) in [6.07, 6.45) is 3.20. The molecule has 2 heterocycles. The lowest BCUT2D eigenvalue weighted by Gasteiger charge is -2.08. The van der Waals surface area contributed by atoms with Gasteiger partial charge in [-0.3, -0.25) is 4.79 Å². The third kappa shape index (κ3) is 5.48. The summed E-state index contributed by atoms with van der Waals surface area (Å²) in [7, 11) is 0. The first-order valence-corrected chi connectivity index (χ1v) is 10.5. The Morgan fingerprint density at radius 1 is 1.06 bits per heavy atom. The number of benzene rings is 2. The second kappa shape index (κ2) is 10.3. The monoisotopic (exact) mass is 445 g/mol. The van der Waals surface area contributed by atoms with Gasteiger partial charge in [0, 0.05) is 5.56 Å². The van der Waals surface area contributed by atoms with Gasteiger partial charge in [-0.05, 0) is 48.9 Å². The SMILES string of the molecule is CCOC(=O)c1nn(-c2ccccc2)cc1OCc1cccc(C(=O)NCc2ccco2)c1. The number of hydrogen-bond acceptors (Lipinski definition) is 6. The molecule has 0 fully saturated rings. The van der Waals surface area contributed by atoms with Crippen LogP contribution in [0.1, 0.15) is 39.1 Å². The summed E-state index contributed by atoms with van der Waals surface area (Å²) in [5, 5.41) is 7.16. The molecule has 0 radical (unpaired) electrons. The molecule has 0 saturated carbocycles. The van der Waals surface area contributed by atoms with Crippen molar-refractivity contribution in [3.05, 3.63) is 102 Å². The molecule has 168 valence electrons. The van der Waals surface area contributed by atoms with Crippen LogP contribution in [-0.2, 0) is 17.9 Å². The molecular formula is C25H23N3O5. The maximum Gasteiger partial charge on any atom is 0.362 e. The van der Waals surface area contributed by atoms with E-state index in [0.717, 1.165) is 11.3 Å². The minimum Gasteiger partial charge on any atom is -0.485 e. The van der Waals surface area contributed by atoms with Crippen molar-refractivity contribution < 1.29 is 23.5 Å². The Morgan fingerprint density at radius 2 is 1.91 bits per heavy atom. The Balaban J connectivity index is 1.48. The van der Waals surface area contributed by atoms with Crippen LogP contribution in [0.3, 0.4) is 0 Å². The van der Waals surface area contributed by atoms with Gasteiger partial charge in [-0.2, -0.15) is 5.10 Å². The highest BCUT2D eigenvalue weighted by atomic mass is 16.5. The van der Waals surface area contributed by atoms with E-state index >= 15 is 0 Å². The Hall–Kier alpha value is -4.33. The summed E-state index contributed by atoms with van der Waals surface area (Å²) >= 11 is 0. The summed E-state index contributed by atoms with van der Waals surface area (Å²) in [6.45, 7) is 2.40. The smallest absolute Gasteiger partial charge is 0.362 e. The van der Waals surface area contributed by atoms with Crippen LogP contribution in [0.15, 0.2) is 83.6 Å². The number of para-hydroxylation sites is 1. The fraction of sp³-hybridized carbons (Fsp3) is 0.160. The van der Waals surface area contributed by atoms with Crippen molar-refractivity contribution in [1.82, 2.24) is 15.1 Å². The number of hydrogen-bond donors (Lipinski definition) is 1. The molecule has 0 unspecified atom stereocenters. The standard InChI is InChI=1S/C25H23N3O5/c1-2-31-25(30)23-22(16-28(27-23)20-10-4-3-5-11-20)33-17-18-8-6-9-19(14-18)24(29)26-15-21-12-7-13-32-21/h3-14,16H,2,15,17H2,1H3,(H,26,29). The predicted molar refractivity (Wildman–Crippen MR) is 120 cm³/mol. The van der Waals surface area contributed by atoms with Gasteiger partial charge in [0.2, 0.25) is 5.69 Å². The van der Waals surface area contributed by atoms with Crippen molar-refractivity contribution >= 4 is 11.9 Å². The first-order valence-electron chi connectivity index (χ1n) is 10.5. The van der Waals surface area contributed by atoms with Crippen LogP contribution in [0.25, 0.3) is 5.69 Å². The average Bonchev–Trinajstić information content (AvgIpc) is 3.52. The van der Waals surface area contributed by atoms with E-state index < -0.39 is 5.97 Å². The number of esters is 1. The lowest BCUT2D eigenvalue weighted by molar-refractivity contribution is 0.0513. The lowest BCUT2D eigenvalue weighted by Crippen LogP contribution is -2.22. The van der Waals surface area contributed by atoms with Crippen LogP contribution >= 0.6 is 0 Å². The van der Waals surface area contributed by atoms with E-state index in [1.54, 1.807) is 54.4 Å². The third-order valence-corrected chi connectivity index (χ3v) is 4.76. The topological polar surface area (TPSA) is 95.6 Å². The van der Waals surface area contributed by atoms with Gasteiger partial charge < -0.3 is 19.2 Å². The molecule has 0 atom stereocenters. The number of nitrogens with zero attached hydrogens (tertiary/aromatic N) is 2. The first-order chi connectivity index (χ1) is 16.1. The Bertz CT molecular complexity index is 1220. The third-order valence-electron chi connectivity index (χ3n) is 4.76. The van der Waals surface area contributed by atoms with Crippen molar-refractivity contribution in [1.29, 1.82) is 0 Å². The molecule has 1 amide bonds. The number of carbonyl (C=O) groups excluding carboxylic acids is 2. The molecule has 4 aromatic rings. The fourth-order valence-electron chi connectivity index (χ4n) is 3.16. The molecule has 8 nitrogen and oxygen atoms in total. The van der Waals surface area contributed by atoms with Crippen molar-refractivity contribution in [2.24, 2.45) is 0 Å². The molecule has 1 N–H and O–H groups in total. The van der Waals surface area contributed by atoms with Crippen LogP contribution in [0.2, 0.25) is 0 Å². The molecule has 0 aliphatic heterocycles. The molecule has 0 bridgehead atoms. The van der Waals surface area contributed by atoms with E-state index in [9.17, 15) is 9.59 Å². The van der Waals surface area contributed by atoms with Gasteiger partial charge in [0.25, 0.3) is 5.91 Å². The average molecular weight is 445 g/mol. The molecular weight excluding hydrogens is 422 g/mol. The highest BCUT2D eigenvalue weighted by Crippen LogP contribution is 2.22. The highest BCUT2D eigenvalue weighted by Gasteiger charge is 2.20. The van der Waals surface area contributed by atoms with Gasteiger partial charge >= 0.3 is 5.97 Å². The second-order valence-corrected chi connectivity index (χ2v) is 7.09. The molecule has 33 heavy (non-hydrogen) atoms. The van der Waals surface area contributed by atoms with E-state index in [0.29, 0.717) is 23.6 Å². The van der Waals surface area contributed by atoms with E-state index in [2.05, 4.69) is 10.4 Å². The van der Waals surface area contributed by atoms with Crippen LogP contribution in [0, 0.1) is 0 Å². The van der Waals surface area contributed by atoms with Gasteiger partial charge in [-0.25, -0.2) is 9.48 Å². The Labute approximate surface area is 190 Å². The highest BCUT2D eigenvalue weighted by molar-refractivity contribution is 5.94. The molecule has 0 aliphatic rings. The van der Waals surface area contributed by atoms with Crippen molar-refractivity contribution in [3.63, 3.8) is 0 Å². The molecule has 2 aromatic carbocycles. The lowest BCUT2D eigenvalue weighted by atomic mass is 10.1. The first kappa shape index (κ1) is 21.9. The van der Waals surface area contributed by atoms with Crippen LogP contribution in [-0.4, -0.2) is 28.3 Å². The maximum atomic E-state index is 12.5. The summed E-state index contributed by atoms with van der Waals surface area (Å²) in [5.74, 6) is 0.181. The number of aromatic nitrogens is 2. The van der Waals surface area contributed by atoms with Crippen LogP contribution in [0.5, 0.6) is 5.75 Å². The number of nitrogens with one attached hydrogen (secondary N) is 1. The molecule has 0 spiro atoms. The van der Waals surface area contributed by atoms with E-state index in [-0.39, 0.29) is 24.8 Å². The number of furan rings is 1. The fourth-order valence-corrected chi connectivity index (χ4v) is 3.16. The van der Waals surface area contributed by atoms with Gasteiger partial charge in [0.1, 0.15) is 12.4 Å². The zero-order valence-corrected chi connectivity index (χ0v) is 18.1. The van der Waals surface area contributed by atoms with Crippen molar-refractivity contribution in [2.75, 3.05) is 6.61 Å². The van der Waals surface area contributed by atoms with Crippen LogP contribution in [0.4, 0.5) is 0 Å². The van der Waals surface area contributed by atoms with Crippen molar-refractivity contribution in [3.8, 4) is 11.4 Å².